The molecule has 3 aromatic rings. The zero-order valence-corrected chi connectivity index (χ0v) is 13.2. The summed E-state index contributed by atoms with van der Waals surface area (Å²) in [4.78, 5) is 6.63. The van der Waals surface area contributed by atoms with Crippen LogP contribution in [-0.2, 0) is 13.1 Å². The maximum absolute atomic E-state index is 4.20. The summed E-state index contributed by atoms with van der Waals surface area (Å²) in [6.07, 6.45) is 4.87. The Bertz CT molecular complexity index is 694. The molecule has 0 fully saturated rings. The molecule has 6 nitrogen and oxygen atoms in total. The summed E-state index contributed by atoms with van der Waals surface area (Å²) in [6.45, 7) is 5.08. The second-order valence-electron chi connectivity index (χ2n) is 5.50. The van der Waals surface area contributed by atoms with E-state index in [0.717, 1.165) is 31.6 Å². The number of nitrogens with one attached hydrogen (secondary N) is 1. The molecule has 0 unspecified atom stereocenters. The average molecular weight is 308 g/mol. The third-order valence-electron chi connectivity index (χ3n) is 3.63. The standard InChI is InChI=1S/C17H20N6/c1-2-10-23(13-15-4-3-9-18-11-15)12-14-5-7-16(8-6-14)17-19-21-22-20-17/h3-9,11H,2,10,12-13H2,1H3,(H,19,20,21,22). The Kier molecular flexibility index (Phi) is 5.06. The van der Waals surface area contributed by atoms with E-state index in [9.17, 15) is 0 Å². The Labute approximate surface area is 135 Å². The highest BCUT2D eigenvalue weighted by Gasteiger charge is 2.08. The third kappa shape index (κ3) is 4.20. The first kappa shape index (κ1) is 15.3. The van der Waals surface area contributed by atoms with Crippen LogP contribution in [-0.4, -0.2) is 37.1 Å². The average Bonchev–Trinajstić information content (AvgIpc) is 3.11. The largest absolute Gasteiger partial charge is 0.295 e. The Hall–Kier alpha value is -2.60. The Balaban J connectivity index is 1.67. The smallest absolute Gasteiger partial charge is 0.204 e. The van der Waals surface area contributed by atoms with Crippen molar-refractivity contribution in [2.75, 3.05) is 6.54 Å². The molecule has 3 rings (SSSR count). The fraction of sp³-hybridized carbons (Fsp3) is 0.294. The normalized spacial score (nSPS) is 11.0. The first-order chi connectivity index (χ1) is 11.3. The molecule has 0 bridgehead atoms. The molecule has 0 spiro atoms. The molecule has 2 aromatic heterocycles. The van der Waals surface area contributed by atoms with Gasteiger partial charge in [-0.2, -0.15) is 5.21 Å². The van der Waals surface area contributed by atoms with Crippen LogP contribution < -0.4 is 0 Å². The number of nitrogens with zero attached hydrogens (tertiary/aromatic N) is 5. The van der Waals surface area contributed by atoms with Crippen LogP contribution in [0, 0.1) is 0 Å². The predicted octanol–water partition coefficient (Wildman–Crippen LogP) is 2.67. The number of aromatic amines is 1. The van der Waals surface area contributed by atoms with Gasteiger partial charge >= 0.3 is 0 Å². The zero-order chi connectivity index (χ0) is 15.9. The lowest BCUT2D eigenvalue weighted by molar-refractivity contribution is 0.257. The van der Waals surface area contributed by atoms with Gasteiger partial charge in [-0.15, -0.1) is 10.2 Å². The lowest BCUT2D eigenvalue weighted by Crippen LogP contribution is -2.23. The van der Waals surface area contributed by atoms with E-state index in [1.165, 1.54) is 11.1 Å². The van der Waals surface area contributed by atoms with E-state index in [1.807, 2.05) is 30.6 Å². The first-order valence-electron chi connectivity index (χ1n) is 7.79. The van der Waals surface area contributed by atoms with Gasteiger partial charge in [-0.1, -0.05) is 37.3 Å². The number of rotatable bonds is 7. The fourth-order valence-corrected chi connectivity index (χ4v) is 2.58. The van der Waals surface area contributed by atoms with E-state index >= 15 is 0 Å². The molecule has 118 valence electrons. The summed E-state index contributed by atoms with van der Waals surface area (Å²) < 4.78 is 0. The number of hydrogen-bond donors (Lipinski definition) is 1. The topological polar surface area (TPSA) is 70.6 Å². The van der Waals surface area contributed by atoms with Crippen molar-refractivity contribution in [3.63, 3.8) is 0 Å². The molecular weight excluding hydrogens is 288 g/mol. The van der Waals surface area contributed by atoms with E-state index < -0.39 is 0 Å². The van der Waals surface area contributed by atoms with Gasteiger partial charge in [-0.25, -0.2) is 0 Å². The number of H-pyrrole nitrogens is 1. The predicted molar refractivity (Wildman–Crippen MR) is 88.3 cm³/mol. The van der Waals surface area contributed by atoms with Crippen LogP contribution in [0.4, 0.5) is 0 Å². The molecule has 0 saturated heterocycles. The minimum Gasteiger partial charge on any atom is -0.295 e. The van der Waals surface area contributed by atoms with E-state index in [-0.39, 0.29) is 0 Å². The summed E-state index contributed by atoms with van der Waals surface area (Å²) in [5.41, 5.74) is 3.48. The summed E-state index contributed by atoms with van der Waals surface area (Å²) >= 11 is 0. The molecular formula is C17H20N6. The number of pyridine rings is 1. The molecule has 6 heteroatoms. The summed E-state index contributed by atoms with van der Waals surface area (Å²) in [6, 6.07) is 12.4. The van der Waals surface area contributed by atoms with Crippen molar-refractivity contribution in [2.45, 2.75) is 26.4 Å². The molecule has 1 aromatic carbocycles. The van der Waals surface area contributed by atoms with Gasteiger partial charge in [0.15, 0.2) is 0 Å². The number of hydrogen-bond acceptors (Lipinski definition) is 5. The highest BCUT2D eigenvalue weighted by Crippen LogP contribution is 2.16. The summed E-state index contributed by atoms with van der Waals surface area (Å²) in [7, 11) is 0. The quantitative estimate of drug-likeness (QED) is 0.726. The number of benzene rings is 1. The van der Waals surface area contributed by atoms with Crippen LogP contribution >= 0.6 is 0 Å². The van der Waals surface area contributed by atoms with Crippen LogP contribution in [0.3, 0.4) is 0 Å². The van der Waals surface area contributed by atoms with Crippen molar-refractivity contribution in [2.24, 2.45) is 0 Å². The molecule has 2 heterocycles. The maximum Gasteiger partial charge on any atom is 0.204 e. The second-order valence-corrected chi connectivity index (χ2v) is 5.50. The van der Waals surface area contributed by atoms with Crippen LogP contribution in [0.1, 0.15) is 24.5 Å². The van der Waals surface area contributed by atoms with Crippen molar-refractivity contribution < 1.29 is 0 Å². The highest BCUT2D eigenvalue weighted by atomic mass is 15.5. The van der Waals surface area contributed by atoms with Crippen LogP contribution in [0.2, 0.25) is 0 Å². The molecule has 23 heavy (non-hydrogen) atoms. The summed E-state index contributed by atoms with van der Waals surface area (Å²) in [5, 5.41) is 14.1. The van der Waals surface area contributed by atoms with E-state index in [0.29, 0.717) is 5.82 Å². The van der Waals surface area contributed by atoms with Crippen LogP contribution in [0.25, 0.3) is 11.4 Å². The molecule has 0 saturated carbocycles. The van der Waals surface area contributed by atoms with Gasteiger partial charge in [0.25, 0.3) is 0 Å². The molecule has 0 aliphatic rings. The minimum absolute atomic E-state index is 0.623. The third-order valence-corrected chi connectivity index (χ3v) is 3.63. The van der Waals surface area contributed by atoms with Crippen molar-refractivity contribution in [1.29, 1.82) is 0 Å². The van der Waals surface area contributed by atoms with Crippen molar-refractivity contribution in [3.8, 4) is 11.4 Å². The van der Waals surface area contributed by atoms with Gasteiger partial charge in [0.05, 0.1) is 0 Å². The van der Waals surface area contributed by atoms with Gasteiger partial charge < -0.3 is 0 Å². The van der Waals surface area contributed by atoms with Gasteiger partial charge in [0.2, 0.25) is 5.82 Å². The molecule has 0 amide bonds. The molecule has 1 N–H and O–H groups in total. The Morgan fingerprint density at radius 2 is 1.87 bits per heavy atom. The molecule has 0 radical (unpaired) electrons. The van der Waals surface area contributed by atoms with Gasteiger partial charge in [-0.3, -0.25) is 9.88 Å². The van der Waals surface area contributed by atoms with Crippen LogP contribution in [0.5, 0.6) is 0 Å². The van der Waals surface area contributed by atoms with Gasteiger partial charge in [0, 0.05) is 31.0 Å². The number of tetrazole rings is 1. The molecule has 0 atom stereocenters. The van der Waals surface area contributed by atoms with Crippen LogP contribution in [0.15, 0.2) is 48.8 Å². The SMILES string of the molecule is CCCN(Cc1ccc(-c2nn[nH]n2)cc1)Cc1cccnc1. The highest BCUT2D eigenvalue weighted by molar-refractivity contribution is 5.54. The molecule has 0 aliphatic heterocycles. The Morgan fingerprint density at radius 1 is 1.04 bits per heavy atom. The first-order valence-corrected chi connectivity index (χ1v) is 7.79. The monoisotopic (exact) mass is 308 g/mol. The van der Waals surface area contributed by atoms with E-state index in [1.54, 1.807) is 0 Å². The van der Waals surface area contributed by atoms with Gasteiger partial charge in [-0.05, 0) is 35.4 Å². The van der Waals surface area contributed by atoms with Crippen molar-refractivity contribution in [1.82, 2.24) is 30.5 Å². The Morgan fingerprint density at radius 3 is 2.52 bits per heavy atom. The maximum atomic E-state index is 4.20. The fourth-order valence-electron chi connectivity index (χ4n) is 2.58. The second kappa shape index (κ2) is 7.60. The van der Waals surface area contributed by atoms with E-state index in [4.69, 9.17) is 0 Å². The van der Waals surface area contributed by atoms with Gasteiger partial charge in [0.1, 0.15) is 0 Å². The summed E-state index contributed by atoms with van der Waals surface area (Å²) in [5.74, 6) is 0.623. The molecule has 0 aliphatic carbocycles. The zero-order valence-electron chi connectivity index (χ0n) is 13.2. The van der Waals surface area contributed by atoms with E-state index in [2.05, 4.69) is 55.6 Å². The number of aromatic nitrogens is 5. The lowest BCUT2D eigenvalue weighted by Gasteiger charge is -2.21. The van der Waals surface area contributed by atoms with Crippen molar-refractivity contribution in [3.05, 3.63) is 59.9 Å². The van der Waals surface area contributed by atoms with Crippen molar-refractivity contribution >= 4 is 0 Å². The minimum atomic E-state index is 0.623. The lowest BCUT2D eigenvalue weighted by atomic mass is 10.1.